The van der Waals surface area contributed by atoms with Gasteiger partial charge in [-0.25, -0.2) is 9.59 Å². The zero-order chi connectivity index (χ0) is 14.2. The van der Waals surface area contributed by atoms with Crippen molar-refractivity contribution in [1.82, 2.24) is 0 Å². The maximum Gasteiger partial charge on any atom is 0.330 e. The summed E-state index contributed by atoms with van der Waals surface area (Å²) in [5.41, 5.74) is 0.784. The van der Waals surface area contributed by atoms with Gasteiger partial charge in [0.2, 0.25) is 0 Å². The summed E-state index contributed by atoms with van der Waals surface area (Å²) in [5, 5.41) is 16.4. The van der Waals surface area contributed by atoms with E-state index < -0.39 is 11.9 Å². The molecule has 0 aromatic heterocycles. The van der Waals surface area contributed by atoms with Crippen molar-refractivity contribution in [1.29, 1.82) is 0 Å². The van der Waals surface area contributed by atoms with Crippen LogP contribution >= 0.6 is 0 Å². The average Bonchev–Trinajstić information content (AvgIpc) is 2.13. The fourth-order valence-corrected chi connectivity index (χ4v) is 0.547. The van der Waals surface area contributed by atoms with Crippen molar-refractivity contribution in [2.75, 3.05) is 0 Å². The summed E-state index contributed by atoms with van der Waals surface area (Å²) in [4.78, 5) is 19.9. The Kier molecular flexibility index (Phi) is 8.02. The largest absolute Gasteiger partial charge is 0.478 e. The van der Waals surface area contributed by atoms with Gasteiger partial charge in [0.15, 0.2) is 0 Å². The molecule has 0 aliphatic carbocycles. The Labute approximate surface area is 103 Å². The van der Waals surface area contributed by atoms with Gasteiger partial charge in [-0.2, -0.15) is 0 Å². The van der Waals surface area contributed by atoms with Gasteiger partial charge in [-0.1, -0.05) is 33.4 Å². The topological polar surface area (TPSA) is 74.6 Å². The predicted molar refractivity (Wildman–Crippen MR) is 67.9 cm³/mol. The molecule has 0 spiro atoms. The van der Waals surface area contributed by atoms with Gasteiger partial charge in [-0.3, -0.25) is 0 Å². The second-order valence-electron chi connectivity index (χ2n) is 5.04. The molecular formula is C13H22O4. The minimum atomic E-state index is -0.935. The van der Waals surface area contributed by atoms with E-state index in [1.807, 2.05) is 0 Å². The van der Waals surface area contributed by atoms with E-state index in [2.05, 4.69) is 27.4 Å². The van der Waals surface area contributed by atoms with Gasteiger partial charge >= 0.3 is 11.9 Å². The van der Waals surface area contributed by atoms with Gasteiger partial charge in [0.25, 0.3) is 0 Å². The highest BCUT2D eigenvalue weighted by Gasteiger charge is 2.08. The Morgan fingerprint density at radius 2 is 1.47 bits per heavy atom. The van der Waals surface area contributed by atoms with Crippen molar-refractivity contribution in [3.05, 3.63) is 23.8 Å². The normalized spacial score (nSPS) is 11.2. The lowest BCUT2D eigenvalue weighted by atomic mass is 9.91. The van der Waals surface area contributed by atoms with Crippen LogP contribution in [0.5, 0.6) is 0 Å². The quantitative estimate of drug-likeness (QED) is 0.746. The molecule has 17 heavy (non-hydrogen) atoms. The molecule has 0 aliphatic heterocycles. The third-order valence-electron chi connectivity index (χ3n) is 1.72. The molecule has 0 atom stereocenters. The van der Waals surface area contributed by atoms with Crippen LogP contribution in [-0.4, -0.2) is 22.2 Å². The molecule has 2 N–H and O–H groups in total. The molecule has 4 heteroatoms. The van der Waals surface area contributed by atoms with E-state index in [1.54, 1.807) is 13.0 Å². The molecule has 4 nitrogen and oxygen atoms in total. The Balaban J connectivity index is 0. The van der Waals surface area contributed by atoms with Crippen LogP contribution in [0.3, 0.4) is 0 Å². The van der Waals surface area contributed by atoms with Crippen LogP contribution in [0.15, 0.2) is 23.8 Å². The first-order valence-corrected chi connectivity index (χ1v) is 5.26. The Bertz CT molecular complexity index is 307. The number of carboxylic acid groups (broad SMARTS) is 2. The zero-order valence-corrected chi connectivity index (χ0v) is 11.2. The molecule has 0 radical (unpaired) electrons. The minimum absolute atomic E-state index is 0.176. The van der Waals surface area contributed by atoms with Gasteiger partial charge < -0.3 is 10.2 Å². The Morgan fingerprint density at radius 1 is 1.12 bits per heavy atom. The minimum Gasteiger partial charge on any atom is -0.478 e. The monoisotopic (exact) mass is 242 g/mol. The molecule has 0 fully saturated rings. The summed E-state index contributed by atoms with van der Waals surface area (Å²) < 4.78 is 0. The summed E-state index contributed by atoms with van der Waals surface area (Å²) >= 11 is 0. The van der Waals surface area contributed by atoms with Gasteiger partial charge in [0, 0.05) is 11.1 Å². The summed E-state index contributed by atoms with van der Waals surface area (Å²) in [6, 6.07) is 0. The van der Waals surface area contributed by atoms with E-state index in [1.165, 1.54) is 6.92 Å². The fourth-order valence-electron chi connectivity index (χ4n) is 0.547. The van der Waals surface area contributed by atoms with Crippen LogP contribution < -0.4 is 0 Å². The maximum absolute atomic E-state index is 10.3. The maximum atomic E-state index is 10.3. The number of allylic oxidation sites excluding steroid dienone is 1. The number of carboxylic acids is 2. The van der Waals surface area contributed by atoms with E-state index in [0.717, 1.165) is 6.42 Å². The van der Waals surface area contributed by atoms with Crippen molar-refractivity contribution in [2.24, 2.45) is 5.41 Å². The van der Waals surface area contributed by atoms with Crippen molar-refractivity contribution >= 4 is 11.9 Å². The molecule has 0 saturated carbocycles. The van der Waals surface area contributed by atoms with E-state index in [9.17, 15) is 9.59 Å². The zero-order valence-electron chi connectivity index (χ0n) is 11.2. The van der Waals surface area contributed by atoms with Crippen molar-refractivity contribution in [3.8, 4) is 0 Å². The molecule has 0 aliphatic rings. The van der Waals surface area contributed by atoms with Crippen molar-refractivity contribution in [2.45, 2.75) is 41.0 Å². The first kappa shape index (κ1) is 17.8. The van der Waals surface area contributed by atoms with Crippen LogP contribution in [0.1, 0.15) is 41.0 Å². The van der Waals surface area contributed by atoms with Gasteiger partial charge in [0.1, 0.15) is 0 Å². The molecule has 0 rings (SSSR count). The second kappa shape index (κ2) is 7.65. The smallest absolute Gasteiger partial charge is 0.330 e. The highest BCUT2D eigenvalue weighted by atomic mass is 16.4. The third-order valence-corrected chi connectivity index (χ3v) is 1.72. The van der Waals surface area contributed by atoms with E-state index >= 15 is 0 Å². The molecule has 0 saturated heterocycles. The average molecular weight is 242 g/mol. The highest BCUT2D eigenvalue weighted by molar-refractivity contribution is 5.85. The lowest BCUT2D eigenvalue weighted by Gasteiger charge is -2.14. The third kappa shape index (κ3) is 14.4. The van der Waals surface area contributed by atoms with Crippen LogP contribution in [0.4, 0.5) is 0 Å². The summed E-state index contributed by atoms with van der Waals surface area (Å²) in [6.07, 6.45) is 2.58. The summed E-state index contributed by atoms with van der Waals surface area (Å²) in [7, 11) is 0. The van der Waals surface area contributed by atoms with E-state index in [0.29, 0.717) is 5.57 Å². The molecule has 0 bridgehead atoms. The summed E-state index contributed by atoms with van der Waals surface area (Å²) in [6.45, 7) is 12.5. The molecular weight excluding hydrogens is 220 g/mol. The standard InChI is InChI=1S/C9H16O2.C4H6O2/c1-7(8(10)11)5-6-9(2,3)4;1-3(2)4(5)6/h5H,6H2,1-4H3,(H,10,11);1H2,2H3,(H,5,6). The molecule has 0 aromatic carbocycles. The first-order chi connectivity index (χ1) is 7.47. The van der Waals surface area contributed by atoms with Gasteiger partial charge in [0.05, 0.1) is 0 Å². The van der Waals surface area contributed by atoms with Crippen molar-refractivity contribution < 1.29 is 19.8 Å². The van der Waals surface area contributed by atoms with Gasteiger partial charge in [-0.15, -0.1) is 0 Å². The number of hydrogen-bond acceptors (Lipinski definition) is 2. The highest BCUT2D eigenvalue weighted by Crippen LogP contribution is 2.19. The first-order valence-electron chi connectivity index (χ1n) is 5.26. The van der Waals surface area contributed by atoms with E-state index in [-0.39, 0.29) is 11.0 Å². The molecule has 0 heterocycles. The number of hydrogen-bond donors (Lipinski definition) is 2. The number of carbonyl (C=O) groups is 2. The fraction of sp³-hybridized carbons (Fsp3) is 0.538. The van der Waals surface area contributed by atoms with Crippen LogP contribution in [0.25, 0.3) is 0 Å². The Hall–Kier alpha value is -1.58. The van der Waals surface area contributed by atoms with Crippen molar-refractivity contribution in [3.63, 3.8) is 0 Å². The van der Waals surface area contributed by atoms with Crippen LogP contribution in [-0.2, 0) is 9.59 Å². The van der Waals surface area contributed by atoms with Crippen LogP contribution in [0, 0.1) is 5.41 Å². The summed E-state index contributed by atoms with van der Waals surface area (Å²) in [5.74, 6) is -1.76. The molecule has 98 valence electrons. The molecule has 0 amide bonds. The lowest BCUT2D eigenvalue weighted by molar-refractivity contribution is -0.133. The second-order valence-corrected chi connectivity index (χ2v) is 5.04. The molecule has 0 aromatic rings. The van der Waals surface area contributed by atoms with E-state index in [4.69, 9.17) is 10.2 Å². The lowest BCUT2D eigenvalue weighted by Crippen LogP contribution is -2.04. The predicted octanol–water partition coefficient (Wildman–Crippen LogP) is 3.10. The number of aliphatic carboxylic acids is 2. The van der Waals surface area contributed by atoms with Gasteiger partial charge in [-0.05, 0) is 25.7 Å². The SMILES string of the molecule is C=C(C)C(=O)O.CC(=CCC(C)(C)C)C(=O)O. The van der Waals surface area contributed by atoms with Crippen LogP contribution in [0.2, 0.25) is 0 Å². The molecule has 0 unspecified atom stereocenters. The number of rotatable bonds is 3. The Morgan fingerprint density at radius 3 is 1.65 bits per heavy atom.